The summed E-state index contributed by atoms with van der Waals surface area (Å²) in [5, 5.41) is 11.6. The molecule has 0 aromatic heterocycles. The predicted molar refractivity (Wildman–Crippen MR) is 74.1 cm³/mol. The highest BCUT2D eigenvalue weighted by Gasteiger charge is 2.20. The zero-order valence-electron chi connectivity index (χ0n) is 11.9. The first-order valence-electron chi connectivity index (χ1n) is 6.58. The van der Waals surface area contributed by atoms with Crippen molar-refractivity contribution in [1.82, 2.24) is 5.32 Å². The molecule has 0 aliphatic heterocycles. The Bertz CT molecular complexity index is 500. The number of halogens is 1. The van der Waals surface area contributed by atoms with Gasteiger partial charge in [0.1, 0.15) is 5.82 Å². The van der Waals surface area contributed by atoms with Crippen molar-refractivity contribution in [3.63, 3.8) is 0 Å². The summed E-state index contributed by atoms with van der Waals surface area (Å²) in [5.74, 6) is -2.25. The van der Waals surface area contributed by atoms with Crippen molar-refractivity contribution in [2.75, 3.05) is 6.54 Å². The Hall–Kier alpha value is -1.91. The first-order chi connectivity index (χ1) is 9.31. The predicted octanol–water partition coefficient (Wildman–Crippen LogP) is 2.61. The van der Waals surface area contributed by atoms with Crippen LogP contribution >= 0.6 is 0 Å². The molecular formula is C15H20FNO3. The fraction of sp³-hybridized carbons (Fsp3) is 0.467. The Kier molecular flexibility index (Phi) is 5.67. The minimum Gasteiger partial charge on any atom is -0.481 e. The number of hydrogen-bond acceptors (Lipinski definition) is 2. The maximum absolute atomic E-state index is 13.4. The Morgan fingerprint density at radius 2 is 2.00 bits per heavy atom. The number of benzene rings is 1. The first-order valence-corrected chi connectivity index (χ1v) is 6.58. The average molecular weight is 281 g/mol. The number of carbonyl (C=O) groups excluding carboxylic acids is 1. The highest BCUT2D eigenvalue weighted by atomic mass is 19.1. The molecule has 0 radical (unpaired) electrons. The normalized spacial score (nSPS) is 12.2. The van der Waals surface area contributed by atoms with Crippen molar-refractivity contribution in [1.29, 1.82) is 0 Å². The second kappa shape index (κ2) is 7.03. The maximum atomic E-state index is 13.4. The number of carbonyl (C=O) groups is 2. The van der Waals surface area contributed by atoms with Crippen molar-refractivity contribution in [3.05, 3.63) is 35.1 Å². The lowest BCUT2D eigenvalue weighted by atomic mass is 9.97. The summed E-state index contributed by atoms with van der Waals surface area (Å²) in [6.07, 6.45) is 0.484. The average Bonchev–Trinajstić information content (AvgIpc) is 2.36. The van der Waals surface area contributed by atoms with Crippen LogP contribution in [0.1, 0.15) is 36.2 Å². The van der Waals surface area contributed by atoms with Crippen LogP contribution in [0.2, 0.25) is 0 Å². The fourth-order valence-electron chi connectivity index (χ4n) is 1.89. The molecule has 20 heavy (non-hydrogen) atoms. The molecule has 2 N–H and O–H groups in total. The van der Waals surface area contributed by atoms with Gasteiger partial charge in [-0.05, 0) is 37.0 Å². The van der Waals surface area contributed by atoms with E-state index in [2.05, 4.69) is 5.32 Å². The van der Waals surface area contributed by atoms with E-state index < -0.39 is 23.6 Å². The molecule has 0 saturated heterocycles. The number of hydrogen-bond donors (Lipinski definition) is 2. The minimum atomic E-state index is -0.936. The molecule has 0 heterocycles. The summed E-state index contributed by atoms with van der Waals surface area (Å²) >= 11 is 0. The number of rotatable bonds is 6. The number of aryl methyl sites for hydroxylation is 1. The fourth-order valence-corrected chi connectivity index (χ4v) is 1.89. The molecule has 0 spiro atoms. The van der Waals surface area contributed by atoms with Crippen LogP contribution in [0.3, 0.4) is 0 Å². The summed E-state index contributed by atoms with van der Waals surface area (Å²) < 4.78 is 13.4. The van der Waals surface area contributed by atoms with E-state index in [-0.39, 0.29) is 18.0 Å². The molecule has 0 aliphatic carbocycles. The third-order valence-corrected chi connectivity index (χ3v) is 3.05. The van der Waals surface area contributed by atoms with Crippen molar-refractivity contribution >= 4 is 11.9 Å². The van der Waals surface area contributed by atoms with Gasteiger partial charge in [0.25, 0.3) is 5.91 Å². The molecule has 0 fully saturated rings. The van der Waals surface area contributed by atoms with Gasteiger partial charge < -0.3 is 10.4 Å². The lowest BCUT2D eigenvalue weighted by molar-refractivity contribution is -0.142. The summed E-state index contributed by atoms with van der Waals surface area (Å²) in [7, 11) is 0. The molecule has 1 rings (SSSR count). The molecule has 1 aromatic rings. The molecular weight excluding hydrogens is 261 g/mol. The second-order valence-corrected chi connectivity index (χ2v) is 5.34. The largest absolute Gasteiger partial charge is 0.481 e. The Morgan fingerprint density at radius 1 is 1.35 bits per heavy atom. The highest BCUT2D eigenvalue weighted by Crippen LogP contribution is 2.12. The molecule has 1 amide bonds. The molecule has 5 heteroatoms. The van der Waals surface area contributed by atoms with Gasteiger partial charge in [0.2, 0.25) is 0 Å². The maximum Gasteiger partial charge on any atom is 0.308 e. The van der Waals surface area contributed by atoms with Crippen LogP contribution in [0.15, 0.2) is 18.2 Å². The number of amides is 1. The van der Waals surface area contributed by atoms with E-state index in [4.69, 9.17) is 5.11 Å². The summed E-state index contributed by atoms with van der Waals surface area (Å²) in [6, 6.07) is 4.20. The molecule has 4 nitrogen and oxygen atoms in total. The molecule has 1 aromatic carbocycles. The quantitative estimate of drug-likeness (QED) is 0.842. The van der Waals surface area contributed by atoms with Crippen molar-refractivity contribution in [2.24, 2.45) is 11.8 Å². The number of nitrogens with one attached hydrogen (secondary N) is 1. The zero-order valence-corrected chi connectivity index (χ0v) is 11.9. The standard InChI is InChI=1S/C15H20FNO3/c1-9(2)6-12(15(19)20)8-17-14(18)11-5-4-10(3)13(16)7-11/h4-5,7,9,12H,6,8H2,1-3H3,(H,17,18)(H,19,20). The Labute approximate surface area is 118 Å². The summed E-state index contributed by atoms with van der Waals surface area (Å²) in [6.45, 7) is 5.50. The van der Waals surface area contributed by atoms with Crippen molar-refractivity contribution in [2.45, 2.75) is 27.2 Å². The van der Waals surface area contributed by atoms with Crippen molar-refractivity contribution < 1.29 is 19.1 Å². The van der Waals surface area contributed by atoms with E-state index in [1.807, 2.05) is 13.8 Å². The third-order valence-electron chi connectivity index (χ3n) is 3.05. The van der Waals surface area contributed by atoms with E-state index in [9.17, 15) is 14.0 Å². The van der Waals surface area contributed by atoms with Crippen LogP contribution in [-0.4, -0.2) is 23.5 Å². The Morgan fingerprint density at radius 3 is 2.50 bits per heavy atom. The lowest BCUT2D eigenvalue weighted by Crippen LogP contribution is -2.33. The van der Waals surface area contributed by atoms with E-state index in [1.165, 1.54) is 12.1 Å². The number of carboxylic acid groups (broad SMARTS) is 1. The monoisotopic (exact) mass is 281 g/mol. The summed E-state index contributed by atoms with van der Waals surface area (Å²) in [5.41, 5.74) is 0.659. The SMILES string of the molecule is Cc1ccc(C(=O)NCC(CC(C)C)C(=O)O)cc1F. The molecule has 1 atom stereocenters. The molecule has 0 bridgehead atoms. The van der Waals surface area contributed by atoms with Gasteiger partial charge in [0.05, 0.1) is 5.92 Å². The van der Waals surface area contributed by atoms with Crippen LogP contribution in [0.5, 0.6) is 0 Å². The minimum absolute atomic E-state index is 0.0435. The van der Waals surface area contributed by atoms with Gasteiger partial charge in [-0.3, -0.25) is 9.59 Å². The van der Waals surface area contributed by atoms with Crippen LogP contribution in [0.4, 0.5) is 4.39 Å². The van der Waals surface area contributed by atoms with Crippen LogP contribution in [-0.2, 0) is 4.79 Å². The van der Waals surface area contributed by atoms with Crippen LogP contribution in [0, 0.1) is 24.6 Å². The smallest absolute Gasteiger partial charge is 0.308 e. The molecule has 0 saturated carbocycles. The topological polar surface area (TPSA) is 66.4 Å². The van der Waals surface area contributed by atoms with Gasteiger partial charge in [0, 0.05) is 12.1 Å². The zero-order chi connectivity index (χ0) is 15.3. The first kappa shape index (κ1) is 16.1. The molecule has 0 aliphatic rings. The van der Waals surface area contributed by atoms with E-state index >= 15 is 0 Å². The number of carboxylic acids is 1. The third kappa shape index (κ3) is 4.64. The van der Waals surface area contributed by atoms with Gasteiger partial charge in [-0.25, -0.2) is 4.39 Å². The van der Waals surface area contributed by atoms with Gasteiger partial charge in [0.15, 0.2) is 0 Å². The van der Waals surface area contributed by atoms with Gasteiger partial charge in [-0.2, -0.15) is 0 Å². The van der Waals surface area contributed by atoms with Gasteiger partial charge >= 0.3 is 5.97 Å². The molecule has 110 valence electrons. The Balaban J connectivity index is 2.65. The van der Waals surface area contributed by atoms with E-state index in [0.717, 1.165) is 6.07 Å². The van der Waals surface area contributed by atoms with Crippen molar-refractivity contribution in [3.8, 4) is 0 Å². The van der Waals surface area contributed by atoms with E-state index in [0.29, 0.717) is 12.0 Å². The van der Waals surface area contributed by atoms with Gasteiger partial charge in [-0.1, -0.05) is 19.9 Å². The second-order valence-electron chi connectivity index (χ2n) is 5.34. The molecule has 1 unspecified atom stereocenters. The van der Waals surface area contributed by atoms with Crippen LogP contribution in [0.25, 0.3) is 0 Å². The lowest BCUT2D eigenvalue weighted by Gasteiger charge is -2.15. The highest BCUT2D eigenvalue weighted by molar-refractivity contribution is 5.94. The number of aliphatic carboxylic acids is 1. The van der Waals surface area contributed by atoms with Crippen LogP contribution < -0.4 is 5.32 Å². The van der Waals surface area contributed by atoms with E-state index in [1.54, 1.807) is 6.92 Å². The summed E-state index contributed by atoms with van der Waals surface area (Å²) in [4.78, 5) is 22.9. The van der Waals surface area contributed by atoms with Gasteiger partial charge in [-0.15, -0.1) is 0 Å².